The first-order valence-electron chi connectivity index (χ1n) is 10.1. The molecule has 0 spiro atoms. The summed E-state index contributed by atoms with van der Waals surface area (Å²) in [5, 5.41) is 4.23. The van der Waals surface area contributed by atoms with Crippen molar-refractivity contribution in [2.45, 2.75) is 30.5 Å². The van der Waals surface area contributed by atoms with Crippen LogP contribution in [0.5, 0.6) is 0 Å². The van der Waals surface area contributed by atoms with Gasteiger partial charge in [-0.2, -0.15) is 27.1 Å². The standard InChI is InChI=1S/C21H15ClF5N5O3S/c1-2-36(34,35)16-8-13(32-6-5-17(22)30-32)9-29-19(16)14-7-12-3-4-18(33)31(15(12)10-28-14)11-20(23,24)21(25,26)27/h3-10H,2,11H2,1H3. The number of nitrogens with zero attached hydrogens (tertiary/aromatic N) is 5. The predicted octanol–water partition coefficient (Wildman–Crippen LogP) is 4.29. The van der Waals surface area contributed by atoms with Gasteiger partial charge in [-0.3, -0.25) is 14.8 Å². The smallest absolute Gasteiger partial charge is 0.300 e. The van der Waals surface area contributed by atoms with Crippen molar-refractivity contribution in [3.8, 4) is 17.1 Å². The van der Waals surface area contributed by atoms with Gasteiger partial charge >= 0.3 is 12.1 Å². The number of halogens is 6. The SMILES string of the molecule is CCS(=O)(=O)c1cc(-n2ccc(Cl)n2)cnc1-c1cc2ccc(=O)n(CC(F)(F)C(F)(F)F)c2cn1. The fourth-order valence-electron chi connectivity index (χ4n) is 3.36. The van der Waals surface area contributed by atoms with Gasteiger partial charge in [0.05, 0.1) is 46.5 Å². The molecule has 0 aromatic carbocycles. The molecular formula is C21H15ClF5N5O3S. The Bertz CT molecular complexity index is 1630. The molecule has 4 rings (SSSR count). The Hall–Kier alpha value is -3.39. The molecule has 0 aliphatic carbocycles. The number of sulfone groups is 1. The van der Waals surface area contributed by atoms with Crippen LogP contribution in [0.15, 0.2) is 58.6 Å². The van der Waals surface area contributed by atoms with E-state index in [0.717, 1.165) is 12.3 Å². The Morgan fingerprint density at radius 1 is 1.03 bits per heavy atom. The molecule has 0 saturated carbocycles. The molecule has 0 fully saturated rings. The molecular weight excluding hydrogens is 533 g/mol. The molecule has 0 aliphatic rings. The number of pyridine rings is 3. The molecule has 0 amide bonds. The predicted molar refractivity (Wildman–Crippen MR) is 120 cm³/mol. The topological polar surface area (TPSA) is 99.7 Å². The molecule has 0 aliphatic heterocycles. The zero-order chi connectivity index (χ0) is 26.5. The summed E-state index contributed by atoms with van der Waals surface area (Å²) in [6.45, 7) is -0.521. The van der Waals surface area contributed by atoms with Crippen LogP contribution in [0.3, 0.4) is 0 Å². The third kappa shape index (κ3) is 4.69. The Morgan fingerprint density at radius 2 is 1.75 bits per heavy atom. The van der Waals surface area contributed by atoms with Crippen LogP contribution in [0.2, 0.25) is 5.15 Å². The summed E-state index contributed by atoms with van der Waals surface area (Å²) in [6, 6.07) is 6.08. The molecule has 0 unspecified atom stereocenters. The molecule has 190 valence electrons. The molecule has 4 aromatic rings. The maximum absolute atomic E-state index is 13.7. The number of hydrogen-bond acceptors (Lipinski definition) is 6. The van der Waals surface area contributed by atoms with E-state index in [9.17, 15) is 35.2 Å². The zero-order valence-electron chi connectivity index (χ0n) is 18.2. The average Bonchev–Trinajstić information content (AvgIpc) is 3.25. The second-order valence-electron chi connectivity index (χ2n) is 7.61. The van der Waals surface area contributed by atoms with E-state index in [2.05, 4.69) is 15.1 Å². The lowest BCUT2D eigenvalue weighted by Gasteiger charge is -2.21. The summed E-state index contributed by atoms with van der Waals surface area (Å²) in [4.78, 5) is 20.1. The van der Waals surface area contributed by atoms with Crippen LogP contribution in [-0.2, 0) is 16.4 Å². The van der Waals surface area contributed by atoms with E-state index in [0.29, 0.717) is 0 Å². The molecule has 0 saturated heterocycles. The van der Waals surface area contributed by atoms with Crippen LogP contribution < -0.4 is 5.56 Å². The summed E-state index contributed by atoms with van der Waals surface area (Å²) in [5.74, 6) is -5.45. The number of fused-ring (bicyclic) bond motifs is 1. The highest BCUT2D eigenvalue weighted by Crippen LogP contribution is 2.37. The molecule has 4 aromatic heterocycles. The lowest BCUT2D eigenvalue weighted by Crippen LogP contribution is -2.42. The van der Waals surface area contributed by atoms with Gasteiger partial charge in [0.15, 0.2) is 15.0 Å². The van der Waals surface area contributed by atoms with Crippen molar-refractivity contribution in [1.29, 1.82) is 0 Å². The monoisotopic (exact) mass is 547 g/mol. The Balaban J connectivity index is 1.87. The van der Waals surface area contributed by atoms with Crippen LogP contribution in [0.25, 0.3) is 28.0 Å². The highest BCUT2D eigenvalue weighted by molar-refractivity contribution is 7.91. The van der Waals surface area contributed by atoms with Crippen molar-refractivity contribution in [1.82, 2.24) is 24.3 Å². The second kappa shape index (κ2) is 8.92. The highest BCUT2D eigenvalue weighted by atomic mass is 35.5. The first-order chi connectivity index (χ1) is 16.7. The molecule has 0 radical (unpaired) electrons. The van der Waals surface area contributed by atoms with Crippen molar-refractivity contribution in [2.24, 2.45) is 0 Å². The van der Waals surface area contributed by atoms with Crippen molar-refractivity contribution in [3.63, 3.8) is 0 Å². The van der Waals surface area contributed by atoms with E-state index in [-0.39, 0.29) is 48.3 Å². The highest BCUT2D eigenvalue weighted by Gasteiger charge is 2.57. The molecule has 15 heteroatoms. The largest absolute Gasteiger partial charge is 0.455 e. The normalized spacial score (nSPS) is 12.9. The number of aromatic nitrogens is 5. The first kappa shape index (κ1) is 25.7. The van der Waals surface area contributed by atoms with Gasteiger partial charge < -0.3 is 4.57 Å². The van der Waals surface area contributed by atoms with Crippen LogP contribution in [0.1, 0.15) is 6.92 Å². The fraction of sp³-hybridized carbons (Fsp3) is 0.238. The second-order valence-corrected chi connectivity index (χ2v) is 10.2. The Labute approximate surface area is 204 Å². The zero-order valence-corrected chi connectivity index (χ0v) is 19.7. The van der Waals surface area contributed by atoms with E-state index < -0.39 is 34.0 Å². The summed E-state index contributed by atoms with van der Waals surface area (Å²) >= 11 is 5.82. The quantitative estimate of drug-likeness (QED) is 0.334. The molecule has 8 nitrogen and oxygen atoms in total. The molecule has 0 atom stereocenters. The van der Waals surface area contributed by atoms with Crippen LogP contribution in [-0.4, -0.2) is 50.6 Å². The van der Waals surface area contributed by atoms with Crippen molar-refractivity contribution in [3.05, 3.63) is 64.4 Å². The van der Waals surface area contributed by atoms with Crippen molar-refractivity contribution < 1.29 is 30.4 Å². The van der Waals surface area contributed by atoms with Gasteiger partial charge in [0, 0.05) is 17.6 Å². The van der Waals surface area contributed by atoms with Crippen LogP contribution in [0.4, 0.5) is 22.0 Å². The first-order valence-corrected chi connectivity index (χ1v) is 12.2. The van der Waals surface area contributed by atoms with Gasteiger partial charge in [-0.1, -0.05) is 18.5 Å². The Kier molecular flexibility index (Phi) is 6.37. The van der Waals surface area contributed by atoms with E-state index in [1.54, 1.807) is 0 Å². The molecule has 36 heavy (non-hydrogen) atoms. The summed E-state index contributed by atoms with van der Waals surface area (Å²) in [5.41, 5.74) is -1.19. The van der Waals surface area contributed by atoms with Crippen molar-refractivity contribution in [2.75, 3.05) is 5.75 Å². The van der Waals surface area contributed by atoms with Gasteiger partial charge in [-0.05, 0) is 24.3 Å². The van der Waals surface area contributed by atoms with Crippen molar-refractivity contribution >= 4 is 32.3 Å². The van der Waals surface area contributed by atoms with E-state index in [4.69, 9.17) is 11.6 Å². The number of hydrogen-bond donors (Lipinski definition) is 0. The minimum atomic E-state index is -5.87. The van der Waals surface area contributed by atoms with E-state index >= 15 is 0 Å². The third-order valence-corrected chi connectivity index (χ3v) is 7.21. The van der Waals surface area contributed by atoms with Gasteiger partial charge in [-0.25, -0.2) is 13.1 Å². The van der Waals surface area contributed by atoms with E-state index in [1.165, 1.54) is 48.3 Å². The Morgan fingerprint density at radius 3 is 2.36 bits per heavy atom. The van der Waals surface area contributed by atoms with E-state index in [1.807, 2.05) is 0 Å². The lowest BCUT2D eigenvalue weighted by atomic mass is 10.1. The lowest BCUT2D eigenvalue weighted by molar-refractivity contribution is -0.286. The minimum Gasteiger partial charge on any atom is -0.300 e. The van der Waals surface area contributed by atoms with Crippen LogP contribution in [0, 0.1) is 0 Å². The van der Waals surface area contributed by atoms with Crippen LogP contribution >= 0.6 is 11.6 Å². The maximum Gasteiger partial charge on any atom is 0.455 e. The molecule has 4 heterocycles. The summed E-state index contributed by atoms with van der Waals surface area (Å²) < 4.78 is 92.8. The van der Waals surface area contributed by atoms with Gasteiger partial charge in [-0.15, -0.1) is 0 Å². The fourth-order valence-corrected chi connectivity index (χ4v) is 4.56. The van der Waals surface area contributed by atoms with Gasteiger partial charge in [0.25, 0.3) is 5.56 Å². The molecule has 0 bridgehead atoms. The maximum atomic E-state index is 13.7. The summed E-state index contributed by atoms with van der Waals surface area (Å²) in [6.07, 6.45) is -2.14. The average molecular weight is 548 g/mol. The number of rotatable bonds is 6. The number of alkyl halides is 5. The third-order valence-electron chi connectivity index (χ3n) is 5.26. The van der Waals surface area contributed by atoms with Gasteiger partial charge in [0.2, 0.25) is 0 Å². The minimum absolute atomic E-state index is 0.00708. The van der Waals surface area contributed by atoms with Gasteiger partial charge in [0.1, 0.15) is 5.69 Å². The summed E-state index contributed by atoms with van der Waals surface area (Å²) in [7, 11) is -3.87. The molecule has 0 N–H and O–H groups in total.